The molecule has 0 atom stereocenters. The third-order valence-electron chi connectivity index (χ3n) is 3.27. The average molecular weight is 378 g/mol. The molecule has 3 rings (SSSR count). The highest BCUT2D eigenvalue weighted by atomic mass is 35.5. The number of halogens is 1. The van der Waals surface area contributed by atoms with Crippen LogP contribution in [-0.2, 0) is 9.59 Å². The summed E-state index contributed by atoms with van der Waals surface area (Å²) < 4.78 is 4.95. The van der Waals surface area contributed by atoms with Gasteiger partial charge in [0.1, 0.15) is 16.3 Å². The molecule has 0 aliphatic carbocycles. The zero-order valence-corrected chi connectivity index (χ0v) is 13.8. The Bertz CT molecular complexity index is 935. The van der Waals surface area contributed by atoms with E-state index in [2.05, 4.69) is 5.32 Å². The summed E-state index contributed by atoms with van der Waals surface area (Å²) in [6.07, 6.45) is 1.12. The van der Waals surface area contributed by atoms with Gasteiger partial charge in [0.15, 0.2) is 5.11 Å². The maximum atomic E-state index is 12.7. The molecule has 2 amide bonds. The summed E-state index contributed by atoms with van der Waals surface area (Å²) in [6.45, 7) is 0. The number of amides is 2. The number of carbonyl (C=O) groups excluding carboxylic acids is 2. The predicted molar refractivity (Wildman–Crippen MR) is 93.0 cm³/mol. The first-order chi connectivity index (χ1) is 11.9. The van der Waals surface area contributed by atoms with Crippen molar-refractivity contribution < 1.29 is 18.9 Å². The summed E-state index contributed by atoms with van der Waals surface area (Å²) in [5.74, 6) is -1.91. The second kappa shape index (κ2) is 6.46. The Labute approximate surface area is 150 Å². The van der Waals surface area contributed by atoms with E-state index in [4.69, 9.17) is 28.2 Å². The van der Waals surface area contributed by atoms with Crippen LogP contribution in [-0.4, -0.2) is 21.9 Å². The van der Waals surface area contributed by atoms with Crippen LogP contribution in [0.15, 0.2) is 46.4 Å². The Balaban J connectivity index is 1.98. The van der Waals surface area contributed by atoms with Crippen LogP contribution >= 0.6 is 23.8 Å². The van der Waals surface area contributed by atoms with Gasteiger partial charge in [-0.3, -0.25) is 29.9 Å². The van der Waals surface area contributed by atoms with Crippen LogP contribution < -0.4 is 10.2 Å². The van der Waals surface area contributed by atoms with Crippen molar-refractivity contribution in [2.45, 2.75) is 0 Å². The van der Waals surface area contributed by atoms with Crippen LogP contribution in [0, 0.1) is 10.1 Å². The molecule has 1 saturated heterocycles. The Hall–Kier alpha value is -3.04. The van der Waals surface area contributed by atoms with E-state index in [9.17, 15) is 19.7 Å². The molecule has 1 aliphatic rings. The minimum Gasteiger partial charge on any atom is -0.401 e. The molecule has 1 N–H and O–H groups in total. The molecule has 126 valence electrons. The second-order valence-corrected chi connectivity index (χ2v) is 5.69. The van der Waals surface area contributed by atoms with Crippen molar-refractivity contribution >= 4 is 58.4 Å². The summed E-state index contributed by atoms with van der Waals surface area (Å²) in [7, 11) is 0. The molecule has 10 heteroatoms. The van der Waals surface area contributed by atoms with E-state index in [1.54, 1.807) is 24.3 Å². The smallest absolute Gasteiger partial charge is 0.401 e. The molecule has 2 heterocycles. The summed E-state index contributed by atoms with van der Waals surface area (Å²) in [5, 5.41) is 13.4. The van der Waals surface area contributed by atoms with Crippen LogP contribution in [0.5, 0.6) is 0 Å². The number of anilines is 1. The van der Waals surface area contributed by atoms with Crippen LogP contribution in [0.2, 0.25) is 5.02 Å². The summed E-state index contributed by atoms with van der Waals surface area (Å²) in [4.78, 5) is 35.8. The van der Waals surface area contributed by atoms with Gasteiger partial charge in [-0.1, -0.05) is 11.6 Å². The Morgan fingerprint density at radius 3 is 2.48 bits per heavy atom. The first-order valence-electron chi connectivity index (χ1n) is 6.78. The van der Waals surface area contributed by atoms with Gasteiger partial charge < -0.3 is 4.42 Å². The average Bonchev–Trinajstić information content (AvgIpc) is 3.02. The van der Waals surface area contributed by atoms with Crippen molar-refractivity contribution in [3.8, 4) is 0 Å². The standard InChI is InChI=1S/C15H8ClN3O5S/c16-8-1-3-9(4-2-8)18-14(21)11(13(20)17-15(18)25)7-10-5-6-12(24-10)19(22)23/h1-7H,(H,17,20,25). The maximum Gasteiger partial charge on any atom is 0.433 e. The molecule has 8 nitrogen and oxygen atoms in total. The first kappa shape index (κ1) is 16.8. The number of rotatable bonds is 3. The molecule has 25 heavy (non-hydrogen) atoms. The van der Waals surface area contributed by atoms with Gasteiger partial charge in [-0.15, -0.1) is 0 Å². The van der Waals surface area contributed by atoms with Crippen LogP contribution in [0.1, 0.15) is 5.76 Å². The Morgan fingerprint density at radius 1 is 1.20 bits per heavy atom. The van der Waals surface area contributed by atoms with Gasteiger partial charge in [0.2, 0.25) is 0 Å². The lowest BCUT2D eigenvalue weighted by molar-refractivity contribution is -0.402. The van der Waals surface area contributed by atoms with E-state index < -0.39 is 22.6 Å². The van der Waals surface area contributed by atoms with Crippen molar-refractivity contribution in [2.24, 2.45) is 0 Å². The topological polar surface area (TPSA) is 106 Å². The number of hydrogen-bond donors (Lipinski definition) is 1. The van der Waals surface area contributed by atoms with Crippen molar-refractivity contribution in [1.29, 1.82) is 0 Å². The SMILES string of the molecule is O=C1NC(=S)N(c2ccc(Cl)cc2)C(=O)C1=Cc1ccc([N+](=O)[O-])o1. The number of thiocarbonyl (C=S) groups is 1. The lowest BCUT2D eigenvalue weighted by Gasteiger charge is -2.28. The van der Waals surface area contributed by atoms with E-state index in [1.165, 1.54) is 6.07 Å². The monoisotopic (exact) mass is 377 g/mol. The lowest BCUT2D eigenvalue weighted by atomic mass is 10.1. The van der Waals surface area contributed by atoms with Gasteiger partial charge in [0.25, 0.3) is 11.8 Å². The number of benzene rings is 1. The Morgan fingerprint density at radius 2 is 1.88 bits per heavy atom. The molecule has 2 aromatic rings. The second-order valence-electron chi connectivity index (χ2n) is 4.87. The van der Waals surface area contributed by atoms with Gasteiger partial charge in [-0.25, -0.2) is 0 Å². The third kappa shape index (κ3) is 3.28. The number of nitrogens with zero attached hydrogens (tertiary/aromatic N) is 2. The van der Waals surface area contributed by atoms with E-state index in [-0.39, 0.29) is 16.4 Å². The number of furan rings is 1. The Kier molecular flexibility index (Phi) is 4.34. The molecule has 0 unspecified atom stereocenters. The number of carbonyl (C=O) groups is 2. The van der Waals surface area contributed by atoms with Gasteiger partial charge in [-0.2, -0.15) is 0 Å². The zero-order valence-electron chi connectivity index (χ0n) is 12.3. The van der Waals surface area contributed by atoms with E-state index >= 15 is 0 Å². The van der Waals surface area contributed by atoms with E-state index in [0.717, 1.165) is 17.0 Å². The summed E-state index contributed by atoms with van der Waals surface area (Å²) >= 11 is 10.9. The number of nitrogens with one attached hydrogen (secondary N) is 1. The summed E-state index contributed by atoms with van der Waals surface area (Å²) in [5.41, 5.74) is 0.142. The fourth-order valence-corrected chi connectivity index (χ4v) is 2.55. The minimum atomic E-state index is -0.723. The van der Waals surface area contributed by atoms with Crippen molar-refractivity contribution in [3.05, 3.63) is 62.9 Å². The third-order valence-corrected chi connectivity index (χ3v) is 3.80. The molecular weight excluding hydrogens is 370 g/mol. The molecular formula is C15H8ClN3O5S. The highest BCUT2D eigenvalue weighted by molar-refractivity contribution is 7.80. The van der Waals surface area contributed by atoms with Crippen molar-refractivity contribution in [1.82, 2.24) is 5.32 Å². The molecule has 0 bridgehead atoms. The van der Waals surface area contributed by atoms with Gasteiger partial charge in [-0.05, 0) is 48.6 Å². The molecule has 1 fully saturated rings. The molecule has 0 saturated carbocycles. The van der Waals surface area contributed by atoms with Crippen LogP contribution in [0.4, 0.5) is 11.6 Å². The quantitative estimate of drug-likeness (QED) is 0.290. The van der Waals surface area contributed by atoms with Gasteiger partial charge in [0, 0.05) is 5.02 Å². The molecule has 1 aliphatic heterocycles. The number of nitro groups is 1. The highest BCUT2D eigenvalue weighted by Crippen LogP contribution is 2.25. The number of hydrogen-bond acceptors (Lipinski definition) is 6. The van der Waals surface area contributed by atoms with E-state index in [1.807, 2.05) is 0 Å². The molecule has 0 radical (unpaired) electrons. The van der Waals surface area contributed by atoms with Crippen molar-refractivity contribution in [2.75, 3.05) is 4.90 Å². The lowest BCUT2D eigenvalue weighted by Crippen LogP contribution is -2.54. The fraction of sp³-hybridized carbons (Fsp3) is 0. The van der Waals surface area contributed by atoms with Gasteiger partial charge >= 0.3 is 5.88 Å². The summed E-state index contributed by atoms with van der Waals surface area (Å²) in [6, 6.07) is 8.69. The normalized spacial score (nSPS) is 16.3. The zero-order chi connectivity index (χ0) is 18.1. The highest BCUT2D eigenvalue weighted by Gasteiger charge is 2.34. The van der Waals surface area contributed by atoms with Crippen LogP contribution in [0.25, 0.3) is 6.08 Å². The van der Waals surface area contributed by atoms with Crippen molar-refractivity contribution in [3.63, 3.8) is 0 Å². The predicted octanol–water partition coefficient (Wildman–Crippen LogP) is 2.67. The maximum absolute atomic E-state index is 12.7. The molecule has 1 aromatic heterocycles. The first-order valence-corrected chi connectivity index (χ1v) is 7.56. The minimum absolute atomic E-state index is 0.00549. The fourth-order valence-electron chi connectivity index (χ4n) is 2.14. The molecule has 0 spiro atoms. The molecule has 1 aromatic carbocycles. The van der Waals surface area contributed by atoms with Gasteiger partial charge in [0.05, 0.1) is 11.8 Å². The van der Waals surface area contributed by atoms with E-state index in [0.29, 0.717) is 10.7 Å². The van der Waals surface area contributed by atoms with Crippen LogP contribution in [0.3, 0.4) is 0 Å². The largest absolute Gasteiger partial charge is 0.433 e.